The van der Waals surface area contributed by atoms with E-state index in [0.29, 0.717) is 26.9 Å². The van der Waals surface area contributed by atoms with Crippen LogP contribution in [-0.2, 0) is 4.79 Å². The summed E-state index contributed by atoms with van der Waals surface area (Å²) >= 11 is 6.20. The lowest BCUT2D eigenvalue weighted by atomic mass is 9.74. The van der Waals surface area contributed by atoms with Gasteiger partial charge in [0.15, 0.2) is 0 Å². The lowest BCUT2D eigenvalue weighted by Gasteiger charge is -2.29. The number of rotatable bonds is 10. The van der Waals surface area contributed by atoms with Crippen LogP contribution in [0, 0.1) is 17.1 Å². The maximum absolute atomic E-state index is 15.4. The highest BCUT2D eigenvalue weighted by atomic mass is 35.5. The first-order chi connectivity index (χ1) is 18.8. The van der Waals surface area contributed by atoms with Gasteiger partial charge in [-0.15, -0.1) is 0 Å². The molecule has 4 rings (SSSR count). The Morgan fingerprint density at radius 3 is 2.31 bits per heavy atom. The molecule has 1 amide bonds. The zero-order valence-corrected chi connectivity index (χ0v) is 22.2. The number of benzene rings is 4. The third-order valence-corrected chi connectivity index (χ3v) is 7.12. The van der Waals surface area contributed by atoms with E-state index >= 15 is 4.39 Å². The lowest BCUT2D eigenvalue weighted by molar-refractivity contribution is -0.136. The second-order valence-corrected chi connectivity index (χ2v) is 9.93. The number of carboxylic acid groups (broad SMARTS) is 1. The van der Waals surface area contributed by atoms with Crippen molar-refractivity contribution in [3.63, 3.8) is 0 Å². The summed E-state index contributed by atoms with van der Waals surface area (Å²) in [7, 11) is 0. The molecular weight excluding hydrogens is 515 g/mol. The van der Waals surface area contributed by atoms with E-state index in [1.165, 1.54) is 0 Å². The van der Waals surface area contributed by atoms with Gasteiger partial charge in [-0.3, -0.25) is 9.59 Å². The highest BCUT2D eigenvalue weighted by Gasteiger charge is 2.27. The van der Waals surface area contributed by atoms with E-state index in [-0.39, 0.29) is 36.5 Å². The summed E-state index contributed by atoms with van der Waals surface area (Å²) in [4.78, 5) is 23.2. The van der Waals surface area contributed by atoms with Crippen molar-refractivity contribution in [2.75, 3.05) is 6.54 Å². The molecular formula is C32H28ClFN2O3. The van der Waals surface area contributed by atoms with Crippen LogP contribution >= 0.6 is 11.6 Å². The van der Waals surface area contributed by atoms with Crippen LogP contribution in [0.2, 0.25) is 5.02 Å². The molecule has 0 aromatic heterocycles. The largest absolute Gasteiger partial charge is 0.481 e. The van der Waals surface area contributed by atoms with Crippen molar-refractivity contribution in [1.82, 2.24) is 5.32 Å². The standard InChI is InChI=1S/C32H28ClFN2O3/c1-2-3-27(21-6-8-23(9-7-21)32(39)36-15-14-30(37)38)31(22-10-12-26(33)13-11-22)25-17-24-5-4-20(19-35)16-28(24)29(34)18-25/h4-13,16-18,27,31H,2-3,14-15H2,1H3,(H,36,39)(H,37,38). The molecule has 0 spiro atoms. The van der Waals surface area contributed by atoms with Gasteiger partial charge < -0.3 is 10.4 Å². The topological polar surface area (TPSA) is 90.2 Å². The highest BCUT2D eigenvalue weighted by Crippen LogP contribution is 2.43. The van der Waals surface area contributed by atoms with E-state index in [1.807, 2.05) is 42.5 Å². The van der Waals surface area contributed by atoms with Crippen molar-refractivity contribution < 1.29 is 19.1 Å². The van der Waals surface area contributed by atoms with E-state index in [9.17, 15) is 14.9 Å². The number of amides is 1. The number of carboxylic acids is 1. The van der Waals surface area contributed by atoms with Crippen molar-refractivity contribution in [3.8, 4) is 6.07 Å². The fraction of sp³-hybridized carbons (Fsp3) is 0.219. The number of carbonyl (C=O) groups is 2. The molecule has 0 saturated carbocycles. The SMILES string of the molecule is CCCC(c1ccc(C(=O)NCCC(=O)O)cc1)C(c1ccc(Cl)cc1)c1cc(F)c2cc(C#N)ccc2c1. The van der Waals surface area contributed by atoms with E-state index in [0.717, 1.165) is 29.5 Å². The van der Waals surface area contributed by atoms with Gasteiger partial charge in [0.1, 0.15) is 5.82 Å². The smallest absolute Gasteiger partial charge is 0.305 e. The first-order valence-corrected chi connectivity index (χ1v) is 13.2. The Balaban J connectivity index is 1.76. The number of hydrogen-bond donors (Lipinski definition) is 2. The fourth-order valence-corrected chi connectivity index (χ4v) is 5.14. The maximum atomic E-state index is 15.4. The number of halogens is 2. The Kier molecular flexibility index (Phi) is 8.96. The molecule has 4 aromatic rings. The van der Waals surface area contributed by atoms with Crippen molar-refractivity contribution in [1.29, 1.82) is 5.26 Å². The molecule has 0 saturated heterocycles. The van der Waals surface area contributed by atoms with Crippen LogP contribution < -0.4 is 5.32 Å². The molecule has 0 radical (unpaired) electrons. The van der Waals surface area contributed by atoms with Gasteiger partial charge >= 0.3 is 5.97 Å². The second-order valence-electron chi connectivity index (χ2n) is 9.50. The number of nitrogens with zero attached hydrogens (tertiary/aromatic N) is 1. The Labute approximate surface area is 231 Å². The van der Waals surface area contributed by atoms with Gasteiger partial charge in [-0.1, -0.05) is 61.3 Å². The van der Waals surface area contributed by atoms with Gasteiger partial charge in [-0.2, -0.15) is 5.26 Å². The molecule has 2 atom stereocenters. The summed E-state index contributed by atoms with van der Waals surface area (Å²) < 4.78 is 15.4. The molecule has 4 aromatic carbocycles. The molecule has 0 aliphatic rings. The Hall–Kier alpha value is -4.21. The molecule has 0 fully saturated rings. The monoisotopic (exact) mass is 542 g/mol. The fourth-order valence-electron chi connectivity index (χ4n) is 5.01. The highest BCUT2D eigenvalue weighted by molar-refractivity contribution is 6.30. The van der Waals surface area contributed by atoms with Crippen LogP contribution in [-0.4, -0.2) is 23.5 Å². The first-order valence-electron chi connectivity index (χ1n) is 12.8. The van der Waals surface area contributed by atoms with Crippen molar-refractivity contribution in [3.05, 3.63) is 118 Å². The van der Waals surface area contributed by atoms with Gasteiger partial charge in [-0.25, -0.2) is 4.39 Å². The number of nitriles is 1. The minimum atomic E-state index is -0.975. The minimum Gasteiger partial charge on any atom is -0.481 e. The average Bonchev–Trinajstić information content (AvgIpc) is 2.93. The number of hydrogen-bond acceptors (Lipinski definition) is 3. The van der Waals surface area contributed by atoms with Gasteiger partial charge in [0, 0.05) is 28.4 Å². The third-order valence-electron chi connectivity index (χ3n) is 6.87. The van der Waals surface area contributed by atoms with E-state index < -0.39 is 5.97 Å². The lowest BCUT2D eigenvalue weighted by Crippen LogP contribution is -2.26. The van der Waals surface area contributed by atoms with E-state index in [1.54, 1.807) is 36.4 Å². The third kappa shape index (κ3) is 6.63. The van der Waals surface area contributed by atoms with Gasteiger partial charge in [0.05, 0.1) is 18.1 Å². The quantitative estimate of drug-likeness (QED) is 0.218. The Morgan fingerprint density at radius 2 is 1.67 bits per heavy atom. The summed E-state index contributed by atoms with van der Waals surface area (Å²) in [6.07, 6.45) is 1.55. The normalized spacial score (nSPS) is 12.5. The van der Waals surface area contributed by atoms with E-state index in [4.69, 9.17) is 16.7 Å². The maximum Gasteiger partial charge on any atom is 0.305 e. The van der Waals surface area contributed by atoms with Crippen LogP contribution in [0.25, 0.3) is 10.8 Å². The Bertz CT molecular complexity index is 1530. The zero-order valence-electron chi connectivity index (χ0n) is 21.5. The van der Waals surface area contributed by atoms with Gasteiger partial charge in [0.2, 0.25) is 0 Å². The molecule has 0 heterocycles. The van der Waals surface area contributed by atoms with Crippen LogP contribution in [0.1, 0.15) is 70.6 Å². The molecule has 0 aliphatic heterocycles. The van der Waals surface area contributed by atoms with Crippen molar-refractivity contribution >= 4 is 34.2 Å². The van der Waals surface area contributed by atoms with Crippen LogP contribution in [0.3, 0.4) is 0 Å². The molecule has 2 N–H and O–H groups in total. The summed E-state index contributed by atoms with van der Waals surface area (Å²) in [5, 5.41) is 22.4. The van der Waals surface area contributed by atoms with Crippen LogP contribution in [0.4, 0.5) is 4.39 Å². The molecule has 5 nitrogen and oxygen atoms in total. The van der Waals surface area contributed by atoms with E-state index in [2.05, 4.69) is 18.3 Å². The average molecular weight is 543 g/mol. The second kappa shape index (κ2) is 12.6. The summed E-state index contributed by atoms with van der Waals surface area (Å²) in [6, 6.07) is 25.5. The summed E-state index contributed by atoms with van der Waals surface area (Å²) in [6.45, 7) is 2.15. The summed E-state index contributed by atoms with van der Waals surface area (Å²) in [5.74, 6) is -1.93. The van der Waals surface area contributed by atoms with Gasteiger partial charge in [0.25, 0.3) is 5.91 Å². The number of aliphatic carboxylic acids is 1. The molecule has 2 unspecified atom stereocenters. The number of nitrogens with one attached hydrogen (secondary N) is 1. The molecule has 0 bridgehead atoms. The number of carbonyl (C=O) groups excluding carboxylic acids is 1. The van der Waals surface area contributed by atoms with Crippen LogP contribution in [0.15, 0.2) is 78.9 Å². The molecule has 39 heavy (non-hydrogen) atoms. The predicted molar refractivity (Wildman–Crippen MR) is 151 cm³/mol. The molecule has 7 heteroatoms. The molecule has 0 aliphatic carbocycles. The molecule has 198 valence electrons. The predicted octanol–water partition coefficient (Wildman–Crippen LogP) is 7.42. The number of fused-ring (bicyclic) bond motifs is 1. The summed E-state index contributed by atoms with van der Waals surface area (Å²) in [5.41, 5.74) is 3.63. The van der Waals surface area contributed by atoms with Crippen molar-refractivity contribution in [2.24, 2.45) is 0 Å². The van der Waals surface area contributed by atoms with Gasteiger partial charge in [-0.05, 0) is 76.9 Å². The van der Waals surface area contributed by atoms with Crippen molar-refractivity contribution in [2.45, 2.75) is 38.0 Å². The minimum absolute atomic E-state index is 0.0319. The first kappa shape index (κ1) is 27.8. The Morgan fingerprint density at radius 1 is 0.974 bits per heavy atom. The van der Waals surface area contributed by atoms with Crippen LogP contribution in [0.5, 0.6) is 0 Å². The zero-order chi connectivity index (χ0) is 27.9.